The van der Waals surface area contributed by atoms with E-state index in [1.165, 1.54) is 42.4 Å². The van der Waals surface area contributed by atoms with Crippen molar-refractivity contribution in [3.05, 3.63) is 30.0 Å². The fraction of sp³-hybridized carbons (Fsp3) is 0.571. The van der Waals surface area contributed by atoms with Gasteiger partial charge in [0, 0.05) is 35.8 Å². The Morgan fingerprint density at radius 2 is 2.04 bits per heavy atom. The van der Waals surface area contributed by atoms with Gasteiger partial charge in [0.05, 0.1) is 0 Å². The minimum atomic E-state index is 0.0600. The van der Waals surface area contributed by atoms with Crippen molar-refractivity contribution in [3.63, 3.8) is 0 Å². The lowest BCUT2D eigenvalue weighted by molar-refractivity contribution is -0.121. The topological polar surface area (TPSA) is 39.3 Å². The summed E-state index contributed by atoms with van der Waals surface area (Å²) < 4.78 is 0. The van der Waals surface area contributed by atoms with Gasteiger partial charge in [-0.05, 0) is 68.6 Å². The minimum Gasteiger partial charge on any atom is -0.361 e. The number of nitrogens with zero attached hydrogens (tertiary/aromatic N) is 2. The monoisotopic (exact) mass is 341 g/mol. The molecular formula is C21H31N3O. The Morgan fingerprint density at radius 3 is 2.68 bits per heavy atom. The summed E-state index contributed by atoms with van der Waals surface area (Å²) in [7, 11) is 1.89. The van der Waals surface area contributed by atoms with E-state index in [9.17, 15) is 4.79 Å². The van der Waals surface area contributed by atoms with Gasteiger partial charge < -0.3 is 14.8 Å². The van der Waals surface area contributed by atoms with Crippen molar-refractivity contribution in [3.8, 4) is 0 Å². The average molecular weight is 341 g/mol. The Balaban J connectivity index is 1.86. The van der Waals surface area contributed by atoms with E-state index in [0.29, 0.717) is 5.92 Å². The first-order chi connectivity index (χ1) is 12.0. The third-order valence-corrected chi connectivity index (χ3v) is 5.92. The summed E-state index contributed by atoms with van der Waals surface area (Å²) in [5.74, 6) is 0.863. The molecule has 1 N–H and O–H groups in total. The van der Waals surface area contributed by atoms with Gasteiger partial charge in [0.15, 0.2) is 0 Å². The number of hydrogen-bond acceptors (Lipinski definition) is 2. The van der Waals surface area contributed by atoms with Crippen LogP contribution in [0.5, 0.6) is 0 Å². The number of likely N-dealkylation sites (tertiary alicyclic amines) is 1. The van der Waals surface area contributed by atoms with Crippen LogP contribution in [0.2, 0.25) is 0 Å². The first kappa shape index (κ1) is 18.0. The standard InChI is InChI=1S/C21H31N3O/c1-5-15(3)21(25)23(4)17-7-8-20-18(13-17)19(14-22-20)16-9-11-24(6-2)12-10-16/h7-8,13-16,22H,5-6,9-12H2,1-4H3. The summed E-state index contributed by atoms with van der Waals surface area (Å²) in [4.78, 5) is 20.3. The molecule has 4 heteroatoms. The summed E-state index contributed by atoms with van der Waals surface area (Å²) in [5, 5.41) is 1.27. The van der Waals surface area contributed by atoms with Crippen molar-refractivity contribution in [1.29, 1.82) is 0 Å². The van der Waals surface area contributed by atoms with E-state index in [0.717, 1.165) is 18.7 Å². The van der Waals surface area contributed by atoms with E-state index in [2.05, 4.69) is 42.1 Å². The van der Waals surface area contributed by atoms with Gasteiger partial charge in [0.25, 0.3) is 0 Å². The molecule has 0 aliphatic carbocycles. The van der Waals surface area contributed by atoms with Gasteiger partial charge in [0.1, 0.15) is 0 Å². The van der Waals surface area contributed by atoms with Crippen molar-refractivity contribution >= 4 is 22.5 Å². The van der Waals surface area contributed by atoms with E-state index < -0.39 is 0 Å². The van der Waals surface area contributed by atoms with Crippen molar-refractivity contribution in [1.82, 2.24) is 9.88 Å². The summed E-state index contributed by atoms with van der Waals surface area (Å²) in [6.45, 7) is 9.81. The molecule has 0 radical (unpaired) electrons. The molecule has 2 heterocycles. The maximum absolute atomic E-state index is 12.5. The minimum absolute atomic E-state index is 0.0600. The van der Waals surface area contributed by atoms with E-state index in [4.69, 9.17) is 0 Å². The van der Waals surface area contributed by atoms with Crippen LogP contribution >= 0.6 is 0 Å². The smallest absolute Gasteiger partial charge is 0.229 e. The number of H-pyrrole nitrogens is 1. The van der Waals surface area contributed by atoms with Gasteiger partial charge in [-0.15, -0.1) is 0 Å². The van der Waals surface area contributed by atoms with Crippen LogP contribution in [0, 0.1) is 5.92 Å². The molecule has 3 rings (SSSR count). The molecule has 1 unspecified atom stereocenters. The highest BCUT2D eigenvalue weighted by Gasteiger charge is 2.23. The van der Waals surface area contributed by atoms with Gasteiger partial charge in [-0.25, -0.2) is 0 Å². The fourth-order valence-electron chi connectivity index (χ4n) is 3.87. The number of carbonyl (C=O) groups is 1. The number of piperidine rings is 1. The SMILES string of the molecule is CCC(C)C(=O)N(C)c1ccc2[nH]cc(C3CCN(CC)CC3)c2c1. The Bertz CT molecular complexity index is 728. The normalized spacial score (nSPS) is 17.8. The first-order valence-corrected chi connectivity index (χ1v) is 9.66. The molecule has 0 spiro atoms. The maximum Gasteiger partial charge on any atom is 0.229 e. The van der Waals surface area contributed by atoms with Gasteiger partial charge in [0.2, 0.25) is 5.91 Å². The van der Waals surface area contributed by atoms with Crippen molar-refractivity contribution < 1.29 is 4.79 Å². The summed E-state index contributed by atoms with van der Waals surface area (Å²) in [6, 6.07) is 6.34. The molecule has 25 heavy (non-hydrogen) atoms. The molecule has 2 aromatic rings. The third-order valence-electron chi connectivity index (χ3n) is 5.92. The molecule has 1 amide bonds. The number of anilines is 1. The number of nitrogens with one attached hydrogen (secondary N) is 1. The second kappa shape index (κ2) is 7.61. The molecule has 1 aliphatic heterocycles. The molecule has 1 aromatic heterocycles. The summed E-state index contributed by atoms with van der Waals surface area (Å²) in [6.07, 6.45) is 5.48. The molecule has 1 aromatic carbocycles. The first-order valence-electron chi connectivity index (χ1n) is 9.66. The third kappa shape index (κ3) is 3.59. The number of aromatic amines is 1. The molecule has 0 bridgehead atoms. The highest BCUT2D eigenvalue weighted by Crippen LogP contribution is 2.34. The molecule has 1 saturated heterocycles. The van der Waals surface area contributed by atoms with E-state index in [-0.39, 0.29) is 11.8 Å². The molecule has 1 fully saturated rings. The lowest BCUT2D eigenvalue weighted by Gasteiger charge is -2.31. The van der Waals surface area contributed by atoms with Gasteiger partial charge in [-0.2, -0.15) is 0 Å². The van der Waals surface area contributed by atoms with Crippen LogP contribution < -0.4 is 4.90 Å². The maximum atomic E-state index is 12.5. The largest absolute Gasteiger partial charge is 0.361 e. The summed E-state index contributed by atoms with van der Waals surface area (Å²) >= 11 is 0. The predicted octanol–water partition coefficient (Wildman–Crippen LogP) is 4.38. The lowest BCUT2D eigenvalue weighted by atomic mass is 9.89. The zero-order valence-corrected chi connectivity index (χ0v) is 16.0. The van der Waals surface area contributed by atoms with Crippen molar-refractivity contribution in [2.24, 2.45) is 5.92 Å². The van der Waals surface area contributed by atoms with Crippen LogP contribution in [-0.2, 0) is 4.79 Å². The van der Waals surface area contributed by atoms with Gasteiger partial charge in [-0.1, -0.05) is 20.8 Å². The molecule has 0 saturated carbocycles. The highest BCUT2D eigenvalue weighted by atomic mass is 16.2. The van der Waals surface area contributed by atoms with Crippen molar-refractivity contribution in [2.75, 3.05) is 31.6 Å². The van der Waals surface area contributed by atoms with Crippen LogP contribution in [-0.4, -0.2) is 42.5 Å². The molecule has 136 valence electrons. The highest BCUT2D eigenvalue weighted by molar-refractivity contribution is 5.97. The number of amides is 1. The van der Waals surface area contributed by atoms with Crippen LogP contribution in [0.25, 0.3) is 10.9 Å². The number of aromatic nitrogens is 1. The number of carbonyl (C=O) groups excluding carboxylic acids is 1. The Kier molecular flexibility index (Phi) is 5.48. The quantitative estimate of drug-likeness (QED) is 0.877. The lowest BCUT2D eigenvalue weighted by Crippen LogP contribution is -2.32. The zero-order chi connectivity index (χ0) is 18.0. The second-order valence-corrected chi connectivity index (χ2v) is 7.39. The van der Waals surface area contributed by atoms with Crippen molar-refractivity contribution in [2.45, 2.75) is 46.0 Å². The zero-order valence-electron chi connectivity index (χ0n) is 16.0. The molecule has 4 nitrogen and oxygen atoms in total. The van der Waals surface area contributed by atoms with E-state index in [1.807, 2.05) is 24.9 Å². The fourth-order valence-corrected chi connectivity index (χ4v) is 3.87. The Hall–Kier alpha value is -1.81. The number of rotatable bonds is 5. The van der Waals surface area contributed by atoms with Gasteiger partial charge >= 0.3 is 0 Å². The number of benzene rings is 1. The molecular weight excluding hydrogens is 310 g/mol. The summed E-state index contributed by atoms with van der Waals surface area (Å²) in [5.41, 5.74) is 3.57. The van der Waals surface area contributed by atoms with Crippen LogP contribution in [0.1, 0.15) is 51.5 Å². The second-order valence-electron chi connectivity index (χ2n) is 7.39. The van der Waals surface area contributed by atoms with Crippen LogP contribution in [0.3, 0.4) is 0 Å². The van der Waals surface area contributed by atoms with Crippen LogP contribution in [0.4, 0.5) is 5.69 Å². The Morgan fingerprint density at radius 1 is 1.32 bits per heavy atom. The van der Waals surface area contributed by atoms with Crippen LogP contribution in [0.15, 0.2) is 24.4 Å². The van der Waals surface area contributed by atoms with E-state index >= 15 is 0 Å². The van der Waals surface area contributed by atoms with E-state index in [1.54, 1.807) is 0 Å². The number of hydrogen-bond donors (Lipinski definition) is 1. The number of fused-ring (bicyclic) bond motifs is 1. The Labute approximate surface area is 151 Å². The predicted molar refractivity (Wildman–Crippen MR) is 105 cm³/mol. The van der Waals surface area contributed by atoms with Gasteiger partial charge in [-0.3, -0.25) is 4.79 Å². The molecule has 1 aliphatic rings. The average Bonchev–Trinajstić information content (AvgIpc) is 3.09. The molecule has 1 atom stereocenters.